The van der Waals surface area contributed by atoms with E-state index in [1.54, 1.807) is 12.3 Å². The van der Waals surface area contributed by atoms with Crippen LogP contribution < -0.4 is 5.32 Å². The number of likely N-dealkylation sites (tertiary alicyclic amines) is 1. The van der Waals surface area contributed by atoms with Crippen molar-refractivity contribution in [2.45, 2.75) is 56.5 Å². The molecule has 1 aliphatic heterocycles. The fourth-order valence-corrected chi connectivity index (χ4v) is 4.23. The van der Waals surface area contributed by atoms with Crippen LogP contribution in [0.25, 0.3) is 0 Å². The first kappa shape index (κ1) is 25.4. The minimum absolute atomic E-state index is 0. The number of halogens is 6. The van der Waals surface area contributed by atoms with Gasteiger partial charge in [0.1, 0.15) is 0 Å². The molecule has 1 aromatic heterocycles. The summed E-state index contributed by atoms with van der Waals surface area (Å²) in [6, 6.07) is 3.65. The van der Waals surface area contributed by atoms with E-state index in [1.165, 1.54) is 0 Å². The van der Waals surface area contributed by atoms with Crippen LogP contribution in [0.1, 0.15) is 43.7 Å². The second kappa shape index (κ2) is 8.88. The first-order valence-electron chi connectivity index (χ1n) is 10.2. The van der Waals surface area contributed by atoms with E-state index in [0.29, 0.717) is 30.9 Å². The number of hydrogen-bond acceptors (Lipinski definition) is 4. The van der Waals surface area contributed by atoms with E-state index in [2.05, 4.69) is 15.0 Å². The van der Waals surface area contributed by atoms with Crippen LogP contribution in [0.4, 0.5) is 36.8 Å². The normalized spacial score (nSPS) is 22.0. The van der Waals surface area contributed by atoms with Crippen LogP contribution in [-0.2, 0) is 9.53 Å². The number of carbonyl (C=O) groups excluding carboxylic acids is 2. The van der Waals surface area contributed by atoms with Gasteiger partial charge in [0.2, 0.25) is 5.91 Å². The lowest BCUT2D eigenvalue weighted by atomic mass is 9.91. The third-order valence-electron chi connectivity index (χ3n) is 6.39. The molecule has 2 aliphatic carbocycles. The van der Waals surface area contributed by atoms with Crippen molar-refractivity contribution in [3.8, 4) is 0 Å². The van der Waals surface area contributed by atoms with Crippen LogP contribution in [-0.4, -0.2) is 53.4 Å². The lowest BCUT2D eigenvalue weighted by Gasteiger charge is -2.33. The predicted octanol–water partition coefficient (Wildman–Crippen LogP) is 4.74. The maximum atomic E-state index is 12.6. The quantitative estimate of drug-likeness (QED) is 0.608. The average Bonchev–Trinajstić information content (AvgIpc) is 3.62. The van der Waals surface area contributed by atoms with Gasteiger partial charge >= 0.3 is 18.4 Å². The summed E-state index contributed by atoms with van der Waals surface area (Å²) in [5, 5.41) is 2.80. The fraction of sp³-hybridized carbons (Fsp3) is 0.650. The number of carbonyl (C=O) groups is 2. The third-order valence-corrected chi connectivity index (χ3v) is 6.39. The van der Waals surface area contributed by atoms with E-state index in [-0.39, 0.29) is 38.4 Å². The van der Waals surface area contributed by atoms with E-state index >= 15 is 0 Å². The number of ether oxygens (including phenoxy) is 1. The maximum Gasteiger partial charge on any atom is 0.434 e. The molecule has 1 spiro atoms. The number of piperidine rings is 1. The number of rotatable bonds is 4. The molecule has 1 saturated heterocycles. The zero-order valence-corrected chi connectivity index (χ0v) is 18.3. The van der Waals surface area contributed by atoms with Crippen LogP contribution in [0.15, 0.2) is 18.3 Å². The largest absolute Gasteiger partial charge is 0.434 e. The van der Waals surface area contributed by atoms with Gasteiger partial charge in [-0.2, -0.15) is 39.8 Å². The van der Waals surface area contributed by atoms with E-state index in [9.17, 15) is 35.9 Å². The number of amides is 2. The van der Waals surface area contributed by atoms with Crippen molar-refractivity contribution in [2.24, 2.45) is 11.3 Å². The van der Waals surface area contributed by atoms with Crippen LogP contribution in [0, 0.1) is 11.3 Å². The van der Waals surface area contributed by atoms with Crippen LogP contribution in [0.3, 0.4) is 0 Å². The summed E-state index contributed by atoms with van der Waals surface area (Å²) < 4.78 is 79.3. The van der Waals surface area contributed by atoms with Crippen LogP contribution >= 0.6 is 13.5 Å². The predicted molar refractivity (Wildman–Crippen MR) is 109 cm³/mol. The smallest absolute Gasteiger partial charge is 0.426 e. The molecule has 3 fully saturated rings. The van der Waals surface area contributed by atoms with Gasteiger partial charge in [-0.3, -0.25) is 9.78 Å². The summed E-state index contributed by atoms with van der Waals surface area (Å²) >= 11 is 0. The molecule has 0 radical (unpaired) electrons. The highest BCUT2D eigenvalue weighted by Crippen LogP contribution is 2.59. The Morgan fingerprint density at radius 2 is 1.70 bits per heavy atom. The standard InChI is InChI=1S/C20H21F6N3O3.H2S/c21-19(22,23)16(20(24,25)26)32-17(31)29-7-5-18(6-8-29)9-13(18)15(30)28-12-3-4-14(27-10-12)11-1-2-11;/h3-4,10-11,13,16H,1-2,5-9H2,(H,28,30);1H2/t13-;/m1./s1. The Balaban J connectivity index is 0.00000306. The summed E-state index contributed by atoms with van der Waals surface area (Å²) in [6.07, 6.45) is -12.4. The van der Waals surface area contributed by atoms with Gasteiger partial charge in [0, 0.05) is 30.6 Å². The first-order chi connectivity index (χ1) is 14.9. The Hall–Kier alpha value is -2.18. The highest BCUT2D eigenvalue weighted by molar-refractivity contribution is 7.59. The van der Waals surface area contributed by atoms with E-state index in [4.69, 9.17) is 0 Å². The van der Waals surface area contributed by atoms with Crippen molar-refractivity contribution >= 4 is 31.2 Å². The van der Waals surface area contributed by atoms with Crippen molar-refractivity contribution in [3.05, 3.63) is 24.0 Å². The summed E-state index contributed by atoms with van der Waals surface area (Å²) in [7, 11) is 0. The topological polar surface area (TPSA) is 71.5 Å². The van der Waals surface area contributed by atoms with Crippen molar-refractivity contribution in [2.75, 3.05) is 18.4 Å². The van der Waals surface area contributed by atoms with Crippen molar-refractivity contribution in [1.29, 1.82) is 0 Å². The molecule has 0 unspecified atom stereocenters. The molecule has 184 valence electrons. The number of alkyl halides is 6. The van der Waals surface area contributed by atoms with Gasteiger partial charge in [0.25, 0.3) is 6.10 Å². The van der Waals surface area contributed by atoms with Crippen LogP contribution in [0.2, 0.25) is 0 Å². The van der Waals surface area contributed by atoms with E-state index in [0.717, 1.165) is 23.4 Å². The minimum Gasteiger partial charge on any atom is -0.426 e. The molecule has 0 bridgehead atoms. The fourth-order valence-electron chi connectivity index (χ4n) is 4.23. The average molecular weight is 499 g/mol. The number of nitrogens with zero attached hydrogens (tertiary/aromatic N) is 2. The Labute approximate surface area is 192 Å². The van der Waals surface area contributed by atoms with E-state index < -0.39 is 30.0 Å². The van der Waals surface area contributed by atoms with Gasteiger partial charge in [-0.05, 0) is 49.7 Å². The second-order valence-electron chi connectivity index (χ2n) is 8.69. The molecular weight excluding hydrogens is 476 g/mol. The SMILES string of the molecule is O=C(Nc1ccc(C2CC2)nc1)[C@H]1CC12CCN(C(=O)OC(C(F)(F)F)C(F)(F)F)CC2.S. The molecule has 1 N–H and O–H groups in total. The van der Waals surface area contributed by atoms with Crippen LogP contribution in [0.5, 0.6) is 0 Å². The molecule has 3 aliphatic rings. The Kier molecular flexibility index (Phi) is 6.84. The second-order valence-corrected chi connectivity index (χ2v) is 8.69. The molecule has 1 atom stereocenters. The number of pyridine rings is 1. The van der Waals surface area contributed by atoms with Gasteiger partial charge in [0.05, 0.1) is 11.9 Å². The highest BCUT2D eigenvalue weighted by atomic mass is 32.1. The Bertz CT molecular complexity index is 867. The molecule has 33 heavy (non-hydrogen) atoms. The first-order valence-corrected chi connectivity index (χ1v) is 10.2. The molecule has 2 saturated carbocycles. The number of hydrogen-bond donors (Lipinski definition) is 1. The molecule has 2 amide bonds. The molecule has 1 aromatic rings. The molecule has 2 heterocycles. The Morgan fingerprint density at radius 1 is 1.09 bits per heavy atom. The monoisotopic (exact) mass is 499 g/mol. The maximum absolute atomic E-state index is 12.6. The van der Waals surface area contributed by atoms with Crippen molar-refractivity contribution < 1.29 is 40.7 Å². The van der Waals surface area contributed by atoms with Gasteiger partial charge in [0.15, 0.2) is 0 Å². The zero-order chi connectivity index (χ0) is 23.3. The minimum atomic E-state index is -5.75. The van der Waals surface area contributed by atoms with E-state index in [1.807, 2.05) is 6.07 Å². The molecular formula is C20H23F6N3O3S. The Morgan fingerprint density at radius 3 is 2.18 bits per heavy atom. The van der Waals surface area contributed by atoms with Gasteiger partial charge in [-0.25, -0.2) is 4.79 Å². The molecule has 6 nitrogen and oxygen atoms in total. The van der Waals surface area contributed by atoms with Gasteiger partial charge in [-0.1, -0.05) is 0 Å². The zero-order valence-electron chi connectivity index (χ0n) is 17.3. The lowest BCUT2D eigenvalue weighted by Crippen LogP contribution is -2.49. The number of anilines is 1. The summed E-state index contributed by atoms with van der Waals surface area (Å²) in [6.45, 7) is -0.161. The lowest BCUT2D eigenvalue weighted by molar-refractivity contribution is -0.308. The summed E-state index contributed by atoms with van der Waals surface area (Å²) in [5.41, 5.74) is 1.15. The van der Waals surface area contributed by atoms with Crippen molar-refractivity contribution in [1.82, 2.24) is 9.88 Å². The number of aromatic nitrogens is 1. The molecule has 4 rings (SSSR count). The summed E-state index contributed by atoms with van der Waals surface area (Å²) in [5.74, 6) is -0.0519. The highest BCUT2D eigenvalue weighted by Gasteiger charge is 2.61. The summed E-state index contributed by atoms with van der Waals surface area (Å²) in [4.78, 5) is 29.6. The number of nitrogens with one attached hydrogen (secondary N) is 1. The van der Waals surface area contributed by atoms with Crippen molar-refractivity contribution in [3.63, 3.8) is 0 Å². The molecule has 0 aromatic carbocycles. The van der Waals surface area contributed by atoms with Gasteiger partial charge in [-0.15, -0.1) is 0 Å². The van der Waals surface area contributed by atoms with Gasteiger partial charge < -0.3 is 15.0 Å². The third kappa shape index (κ3) is 5.67. The molecule has 13 heteroatoms.